The Morgan fingerprint density at radius 1 is 1.00 bits per heavy atom. The standard InChI is InChI=1S/C47H57BrN4O8/c1-6-10-21-38(54)49-37(30-58-5)41(32-19-15-12-16-20-32)59-46(57)39-40-44(55)52(35(29-53)27-31-17-13-11-14-18-31)43(47(40)28-36(48)42(39)60-47)45(56)51(26-7-2)34-24-22-33(23-25-34)50(8-3)9-4/h6-7,11-20,22-25,35-37,39-43,53H,1-2,8-10,21,26-30H2,3-5H3,(H,49,54)/t35-,36?,37+,39-,40+,41+,42-,43-,47+/m1/s1. The number of benzene rings is 3. The molecule has 3 aliphatic rings. The molecule has 6 rings (SSSR count). The first kappa shape index (κ1) is 44.7. The van der Waals surface area contributed by atoms with E-state index in [1.54, 1.807) is 29.2 Å². The summed E-state index contributed by atoms with van der Waals surface area (Å²) < 4.78 is 18.8. The highest BCUT2D eigenvalue weighted by Crippen LogP contribution is 2.61. The molecule has 0 aromatic heterocycles. The number of hydrogen-bond acceptors (Lipinski definition) is 9. The number of ether oxygens (including phenoxy) is 3. The first-order valence-corrected chi connectivity index (χ1v) is 21.7. The van der Waals surface area contributed by atoms with E-state index in [1.165, 1.54) is 12.0 Å². The van der Waals surface area contributed by atoms with Gasteiger partial charge in [0.2, 0.25) is 11.8 Å². The number of fused-ring (bicyclic) bond motifs is 1. The highest BCUT2D eigenvalue weighted by Gasteiger charge is 2.77. The Labute approximate surface area is 361 Å². The summed E-state index contributed by atoms with van der Waals surface area (Å²) in [5.41, 5.74) is 1.65. The maximum absolute atomic E-state index is 15.4. The fraction of sp³-hybridized carbons (Fsp3) is 0.447. The quantitative estimate of drug-likeness (QED) is 0.0775. The summed E-state index contributed by atoms with van der Waals surface area (Å²) in [5.74, 6) is -4.08. The third-order valence-electron chi connectivity index (χ3n) is 12.0. The lowest BCUT2D eigenvalue weighted by Crippen LogP contribution is -2.59. The molecule has 3 heterocycles. The summed E-state index contributed by atoms with van der Waals surface area (Å²) in [4.78, 5) is 63.5. The van der Waals surface area contributed by atoms with Gasteiger partial charge in [-0.3, -0.25) is 19.2 Å². The van der Waals surface area contributed by atoms with Crippen LogP contribution in [0.4, 0.5) is 11.4 Å². The largest absolute Gasteiger partial charge is 0.455 e. The molecule has 3 aromatic carbocycles. The van der Waals surface area contributed by atoms with Crippen LogP contribution in [0.3, 0.4) is 0 Å². The van der Waals surface area contributed by atoms with Crippen LogP contribution >= 0.6 is 15.9 Å². The van der Waals surface area contributed by atoms with Gasteiger partial charge in [-0.2, -0.15) is 0 Å². The number of esters is 1. The number of methoxy groups -OCH3 is 1. The van der Waals surface area contributed by atoms with Gasteiger partial charge in [0, 0.05) is 49.4 Å². The Hall–Kier alpha value is -4.82. The number of amides is 3. The van der Waals surface area contributed by atoms with Crippen molar-refractivity contribution in [3.8, 4) is 0 Å². The van der Waals surface area contributed by atoms with E-state index in [1.807, 2.05) is 72.8 Å². The smallest absolute Gasteiger partial charge is 0.313 e. The Morgan fingerprint density at radius 3 is 2.25 bits per heavy atom. The van der Waals surface area contributed by atoms with Crippen molar-refractivity contribution in [3.63, 3.8) is 0 Å². The Morgan fingerprint density at radius 2 is 1.65 bits per heavy atom. The number of aliphatic hydroxyl groups excluding tert-OH is 1. The van der Waals surface area contributed by atoms with Crippen molar-refractivity contribution >= 4 is 51.0 Å². The molecule has 3 amide bonds. The molecular weight excluding hydrogens is 828 g/mol. The van der Waals surface area contributed by atoms with Gasteiger partial charge in [-0.1, -0.05) is 88.7 Å². The summed E-state index contributed by atoms with van der Waals surface area (Å²) in [7, 11) is 1.50. The minimum Gasteiger partial charge on any atom is -0.455 e. The number of halogens is 1. The Bertz CT molecular complexity index is 1960. The SMILES string of the molecule is C=CCCC(=O)N[C@@H](COC)[C@@H](OC(=O)[C@H]1[C@@H]2O[C@@]3(CC2Br)[C@@H]1C(=O)N([C@@H](CO)Cc1ccccc1)[C@@H]3C(=O)N(CC=C)c1ccc(N(CC)CC)cc1)c1ccccc1. The highest BCUT2D eigenvalue weighted by molar-refractivity contribution is 9.09. The van der Waals surface area contributed by atoms with Gasteiger partial charge in [-0.05, 0) is 68.5 Å². The second-order valence-electron chi connectivity index (χ2n) is 15.6. The zero-order valence-electron chi connectivity index (χ0n) is 34.7. The van der Waals surface area contributed by atoms with Crippen LogP contribution in [-0.4, -0.2) is 108 Å². The third-order valence-corrected chi connectivity index (χ3v) is 12.9. The minimum atomic E-state index is -1.45. The van der Waals surface area contributed by atoms with Crippen molar-refractivity contribution in [1.82, 2.24) is 10.2 Å². The van der Waals surface area contributed by atoms with Crippen LogP contribution in [0.25, 0.3) is 0 Å². The van der Waals surface area contributed by atoms with E-state index in [4.69, 9.17) is 14.2 Å². The lowest BCUT2D eigenvalue weighted by molar-refractivity contribution is -0.163. The summed E-state index contributed by atoms with van der Waals surface area (Å²) in [6, 6.07) is 23.4. The second kappa shape index (κ2) is 20.2. The molecule has 2 N–H and O–H groups in total. The summed E-state index contributed by atoms with van der Waals surface area (Å²) in [5, 5.41) is 14.0. The van der Waals surface area contributed by atoms with Crippen LogP contribution in [0.2, 0.25) is 0 Å². The van der Waals surface area contributed by atoms with Crippen molar-refractivity contribution in [1.29, 1.82) is 0 Å². The van der Waals surface area contributed by atoms with Crippen molar-refractivity contribution in [2.24, 2.45) is 11.8 Å². The number of hydrogen-bond donors (Lipinski definition) is 2. The molecule has 12 nitrogen and oxygen atoms in total. The Kier molecular flexibility index (Phi) is 15.0. The average molecular weight is 886 g/mol. The summed E-state index contributed by atoms with van der Waals surface area (Å²) >= 11 is 3.79. The van der Waals surface area contributed by atoms with Gasteiger partial charge in [0.1, 0.15) is 17.7 Å². The zero-order valence-corrected chi connectivity index (χ0v) is 36.2. The molecule has 1 unspecified atom stereocenters. The van der Waals surface area contributed by atoms with E-state index < -0.39 is 77.0 Å². The van der Waals surface area contributed by atoms with Crippen LogP contribution in [0.15, 0.2) is 110 Å². The number of rotatable bonds is 21. The maximum Gasteiger partial charge on any atom is 0.313 e. The van der Waals surface area contributed by atoms with Crippen LogP contribution < -0.4 is 15.1 Å². The first-order valence-electron chi connectivity index (χ1n) is 20.8. The van der Waals surface area contributed by atoms with Gasteiger partial charge in [0.15, 0.2) is 0 Å². The third kappa shape index (κ3) is 8.95. The predicted octanol–water partition coefficient (Wildman–Crippen LogP) is 5.79. The van der Waals surface area contributed by atoms with Crippen molar-refractivity contribution in [2.45, 2.75) is 80.3 Å². The number of alkyl halides is 1. The molecule has 3 aliphatic heterocycles. The molecule has 3 saturated heterocycles. The van der Waals surface area contributed by atoms with Gasteiger partial charge in [-0.25, -0.2) is 0 Å². The van der Waals surface area contributed by atoms with E-state index in [2.05, 4.69) is 53.2 Å². The average Bonchev–Trinajstić information content (AvgIpc) is 3.87. The van der Waals surface area contributed by atoms with Crippen LogP contribution in [0.1, 0.15) is 50.3 Å². The van der Waals surface area contributed by atoms with Crippen LogP contribution in [0.5, 0.6) is 0 Å². The lowest BCUT2D eigenvalue weighted by atomic mass is 9.70. The maximum atomic E-state index is 15.4. The first-order chi connectivity index (χ1) is 29.1. The van der Waals surface area contributed by atoms with Crippen molar-refractivity contribution < 1.29 is 38.5 Å². The van der Waals surface area contributed by atoms with Crippen LogP contribution in [0, 0.1) is 11.8 Å². The van der Waals surface area contributed by atoms with Gasteiger partial charge >= 0.3 is 5.97 Å². The molecule has 0 saturated carbocycles. The molecule has 1 spiro atoms. The summed E-state index contributed by atoms with van der Waals surface area (Å²) in [6.45, 7) is 13.2. The number of anilines is 2. The van der Waals surface area contributed by atoms with Crippen LogP contribution in [-0.2, 0) is 39.8 Å². The molecule has 3 aromatic rings. The number of likely N-dealkylation sites (tertiary alicyclic amines) is 1. The predicted molar refractivity (Wildman–Crippen MR) is 235 cm³/mol. The molecule has 320 valence electrons. The van der Waals surface area contributed by atoms with E-state index >= 15 is 9.59 Å². The fourth-order valence-corrected chi connectivity index (χ4v) is 10.2. The lowest BCUT2D eigenvalue weighted by Gasteiger charge is -2.39. The number of carbonyl (C=O) groups excluding carboxylic acids is 4. The van der Waals surface area contributed by atoms with E-state index in [0.29, 0.717) is 17.7 Å². The fourth-order valence-electron chi connectivity index (χ4n) is 9.30. The van der Waals surface area contributed by atoms with E-state index in [9.17, 15) is 14.7 Å². The molecule has 9 atom stereocenters. The number of nitrogens with zero attached hydrogens (tertiary/aromatic N) is 3. The zero-order chi connectivity index (χ0) is 43.0. The van der Waals surface area contributed by atoms with Crippen molar-refractivity contribution in [3.05, 3.63) is 121 Å². The number of allylic oxidation sites excluding steroid dienone is 1. The monoisotopic (exact) mass is 884 g/mol. The number of aliphatic hydroxyl groups is 1. The number of carbonyl (C=O) groups is 4. The molecule has 3 fully saturated rings. The molecule has 2 bridgehead atoms. The van der Waals surface area contributed by atoms with Gasteiger partial charge < -0.3 is 39.3 Å². The van der Waals surface area contributed by atoms with Crippen molar-refractivity contribution in [2.75, 3.05) is 49.8 Å². The van der Waals surface area contributed by atoms with Gasteiger partial charge in [0.05, 0.1) is 43.2 Å². The highest BCUT2D eigenvalue weighted by atomic mass is 79.9. The molecule has 0 radical (unpaired) electrons. The topological polar surface area (TPSA) is 138 Å². The second-order valence-corrected chi connectivity index (χ2v) is 16.8. The minimum absolute atomic E-state index is 0.0295. The molecule has 13 heteroatoms. The Balaban J connectivity index is 1.41. The van der Waals surface area contributed by atoms with E-state index in [-0.39, 0.29) is 38.3 Å². The van der Waals surface area contributed by atoms with Gasteiger partial charge in [-0.15, -0.1) is 13.2 Å². The van der Waals surface area contributed by atoms with Gasteiger partial charge in [0.25, 0.3) is 5.91 Å². The molecular formula is C47H57BrN4O8. The summed E-state index contributed by atoms with van der Waals surface area (Å²) in [6.07, 6.45) is 2.64. The molecule has 0 aliphatic carbocycles. The normalized spacial score (nSPS) is 24.2. The van der Waals surface area contributed by atoms with E-state index in [0.717, 1.165) is 24.3 Å². The molecule has 60 heavy (non-hydrogen) atoms. The number of nitrogens with one attached hydrogen (secondary N) is 1.